The maximum Gasteiger partial charge on any atom is 0.0747 e. The van der Waals surface area contributed by atoms with Crippen molar-refractivity contribution in [3.63, 3.8) is 0 Å². The van der Waals surface area contributed by atoms with Crippen LogP contribution in [0.3, 0.4) is 0 Å². The summed E-state index contributed by atoms with van der Waals surface area (Å²) >= 11 is 0. The van der Waals surface area contributed by atoms with Crippen LogP contribution in [-0.4, -0.2) is 18.6 Å². The van der Waals surface area contributed by atoms with Crippen molar-refractivity contribution >= 4 is 7.85 Å². The highest BCUT2D eigenvalue weighted by atomic mass is 16.3. The SMILES string of the molecule is [B]C(C)(C)C(C)(C)C(C)(C)O. The van der Waals surface area contributed by atoms with Gasteiger partial charge in [0.15, 0.2) is 0 Å². The Bertz CT molecular complexity index is 121. The topological polar surface area (TPSA) is 20.2 Å². The van der Waals surface area contributed by atoms with Gasteiger partial charge in [0.1, 0.15) is 0 Å². The Kier molecular flexibility index (Phi) is 2.52. The third-order valence-corrected chi connectivity index (χ3v) is 3.14. The molecule has 2 radical (unpaired) electrons. The van der Waals surface area contributed by atoms with E-state index in [4.69, 9.17) is 7.85 Å². The first kappa shape index (κ1) is 11.0. The highest BCUT2D eigenvalue weighted by Crippen LogP contribution is 2.49. The van der Waals surface area contributed by atoms with Gasteiger partial charge in [0, 0.05) is 0 Å². The van der Waals surface area contributed by atoms with E-state index in [1.165, 1.54) is 0 Å². The molecule has 0 spiro atoms. The van der Waals surface area contributed by atoms with Crippen molar-refractivity contribution in [3.8, 4) is 0 Å². The van der Waals surface area contributed by atoms with Gasteiger partial charge >= 0.3 is 0 Å². The minimum Gasteiger partial charge on any atom is -0.390 e. The van der Waals surface area contributed by atoms with Crippen LogP contribution in [-0.2, 0) is 0 Å². The Hall–Kier alpha value is 0.0249. The molecule has 0 heterocycles. The summed E-state index contributed by atoms with van der Waals surface area (Å²) in [6.45, 7) is 11.4. The molecule has 0 saturated heterocycles. The van der Waals surface area contributed by atoms with Gasteiger partial charge in [0.05, 0.1) is 13.4 Å². The average Bonchev–Trinajstić information content (AvgIpc) is 1.58. The molecule has 0 rings (SSSR count). The molecule has 0 aliphatic rings. The molecule has 0 aliphatic carbocycles. The number of hydrogen-bond acceptors (Lipinski definition) is 1. The van der Waals surface area contributed by atoms with Crippen LogP contribution in [0.1, 0.15) is 41.5 Å². The van der Waals surface area contributed by atoms with E-state index in [0.29, 0.717) is 0 Å². The molecule has 64 valence electrons. The van der Waals surface area contributed by atoms with E-state index in [2.05, 4.69) is 0 Å². The van der Waals surface area contributed by atoms with Gasteiger partial charge in [0.2, 0.25) is 0 Å². The molecular weight excluding hydrogens is 135 g/mol. The van der Waals surface area contributed by atoms with Crippen molar-refractivity contribution in [2.45, 2.75) is 52.5 Å². The highest BCUT2D eigenvalue weighted by Gasteiger charge is 2.43. The normalized spacial score (nSPS) is 15.2. The van der Waals surface area contributed by atoms with E-state index in [9.17, 15) is 5.11 Å². The molecule has 0 aromatic carbocycles. The first-order valence-electron chi connectivity index (χ1n) is 4.01. The van der Waals surface area contributed by atoms with E-state index in [1.54, 1.807) is 13.8 Å². The summed E-state index contributed by atoms with van der Waals surface area (Å²) in [4.78, 5) is 0. The lowest BCUT2D eigenvalue weighted by Gasteiger charge is -2.48. The van der Waals surface area contributed by atoms with E-state index in [-0.39, 0.29) is 10.7 Å². The fraction of sp³-hybridized carbons (Fsp3) is 1.00. The zero-order chi connectivity index (χ0) is 9.50. The van der Waals surface area contributed by atoms with Gasteiger partial charge in [-0.3, -0.25) is 0 Å². The minimum atomic E-state index is -0.745. The molecule has 0 unspecified atom stereocenters. The summed E-state index contributed by atoms with van der Waals surface area (Å²) in [7, 11) is 5.94. The van der Waals surface area contributed by atoms with Crippen LogP contribution in [0.5, 0.6) is 0 Å². The molecule has 0 aromatic heterocycles. The monoisotopic (exact) mass is 154 g/mol. The van der Waals surface area contributed by atoms with Crippen molar-refractivity contribution in [3.05, 3.63) is 0 Å². The highest BCUT2D eigenvalue weighted by molar-refractivity contribution is 6.15. The summed E-state index contributed by atoms with van der Waals surface area (Å²) in [6, 6.07) is 0. The molecule has 0 aromatic rings. The van der Waals surface area contributed by atoms with E-state index in [1.807, 2.05) is 27.7 Å². The van der Waals surface area contributed by atoms with Crippen molar-refractivity contribution < 1.29 is 5.11 Å². The fourth-order valence-electron chi connectivity index (χ4n) is 0.788. The van der Waals surface area contributed by atoms with Gasteiger partial charge in [-0.1, -0.05) is 33.0 Å². The van der Waals surface area contributed by atoms with Crippen LogP contribution >= 0.6 is 0 Å². The molecule has 0 atom stereocenters. The standard InChI is InChI=1S/C9H19BO/c1-7(2,8(3,4)10)9(5,6)11/h11H,1-6H3. The zero-order valence-corrected chi connectivity index (χ0v) is 8.52. The summed E-state index contributed by atoms with van der Waals surface area (Å²) in [5.41, 5.74) is -1.04. The molecule has 0 fully saturated rings. The maximum absolute atomic E-state index is 9.80. The predicted octanol–water partition coefficient (Wildman–Crippen LogP) is 2.15. The van der Waals surface area contributed by atoms with E-state index in [0.717, 1.165) is 0 Å². The molecule has 1 N–H and O–H groups in total. The van der Waals surface area contributed by atoms with E-state index < -0.39 is 5.60 Å². The Morgan fingerprint density at radius 1 is 0.909 bits per heavy atom. The maximum atomic E-state index is 9.80. The van der Waals surface area contributed by atoms with Crippen molar-refractivity contribution in [1.29, 1.82) is 0 Å². The fourth-order valence-corrected chi connectivity index (χ4v) is 0.788. The number of rotatable bonds is 2. The number of aliphatic hydroxyl groups is 1. The Labute approximate surface area is 71.6 Å². The van der Waals surface area contributed by atoms with Crippen LogP contribution in [0.2, 0.25) is 5.31 Å². The Morgan fingerprint density at radius 2 is 1.18 bits per heavy atom. The lowest BCUT2D eigenvalue weighted by atomic mass is 9.51. The molecule has 0 saturated carbocycles. The third-order valence-electron chi connectivity index (χ3n) is 3.14. The van der Waals surface area contributed by atoms with Crippen LogP contribution in [0, 0.1) is 5.41 Å². The lowest BCUT2D eigenvalue weighted by molar-refractivity contribution is -0.0547. The summed E-state index contributed by atoms with van der Waals surface area (Å²) in [6.07, 6.45) is 0. The second-order valence-corrected chi connectivity index (χ2v) is 4.91. The summed E-state index contributed by atoms with van der Waals surface area (Å²) < 4.78 is 0. The van der Waals surface area contributed by atoms with Gasteiger partial charge in [-0.05, 0) is 19.3 Å². The van der Waals surface area contributed by atoms with Gasteiger partial charge in [0.25, 0.3) is 0 Å². The van der Waals surface area contributed by atoms with E-state index >= 15 is 0 Å². The van der Waals surface area contributed by atoms with Crippen molar-refractivity contribution in [1.82, 2.24) is 0 Å². The van der Waals surface area contributed by atoms with Crippen LogP contribution < -0.4 is 0 Å². The van der Waals surface area contributed by atoms with Gasteiger partial charge < -0.3 is 5.11 Å². The molecule has 11 heavy (non-hydrogen) atoms. The van der Waals surface area contributed by atoms with Crippen LogP contribution in [0.4, 0.5) is 0 Å². The minimum absolute atomic E-state index is 0.292. The Balaban J connectivity index is 4.75. The molecule has 2 heteroatoms. The quantitative estimate of drug-likeness (QED) is 0.604. The van der Waals surface area contributed by atoms with Crippen LogP contribution in [0.25, 0.3) is 0 Å². The summed E-state index contributed by atoms with van der Waals surface area (Å²) in [5, 5.41) is 9.43. The van der Waals surface area contributed by atoms with Gasteiger partial charge in [-0.2, -0.15) is 0 Å². The van der Waals surface area contributed by atoms with Gasteiger partial charge in [-0.25, -0.2) is 0 Å². The lowest BCUT2D eigenvalue weighted by Crippen LogP contribution is -2.45. The number of hydrogen-bond donors (Lipinski definition) is 1. The molecule has 0 aliphatic heterocycles. The second kappa shape index (κ2) is 2.51. The smallest absolute Gasteiger partial charge is 0.0747 e. The van der Waals surface area contributed by atoms with Crippen LogP contribution in [0.15, 0.2) is 0 Å². The second-order valence-electron chi connectivity index (χ2n) is 4.91. The first-order valence-corrected chi connectivity index (χ1v) is 4.01. The first-order chi connectivity index (χ1) is 4.50. The molecule has 0 amide bonds. The molecule has 0 bridgehead atoms. The van der Waals surface area contributed by atoms with Crippen molar-refractivity contribution in [2.75, 3.05) is 0 Å². The van der Waals surface area contributed by atoms with Crippen molar-refractivity contribution in [2.24, 2.45) is 5.41 Å². The largest absolute Gasteiger partial charge is 0.390 e. The molecule has 1 nitrogen and oxygen atoms in total. The molecular formula is C9H19BO. The predicted molar refractivity (Wildman–Crippen MR) is 49.9 cm³/mol. The summed E-state index contributed by atoms with van der Waals surface area (Å²) in [5.74, 6) is 0. The third kappa shape index (κ3) is 1.99. The zero-order valence-electron chi connectivity index (χ0n) is 8.52. The average molecular weight is 154 g/mol. The Morgan fingerprint density at radius 3 is 1.18 bits per heavy atom. The van der Waals surface area contributed by atoms with Gasteiger partial charge in [-0.15, -0.1) is 0 Å².